The van der Waals surface area contributed by atoms with Gasteiger partial charge in [-0.1, -0.05) is 0 Å². The maximum atomic E-state index is 12.9. The van der Waals surface area contributed by atoms with E-state index in [1.165, 1.54) is 29.4 Å². The molecule has 1 aromatic heterocycles. The summed E-state index contributed by atoms with van der Waals surface area (Å²) in [4.78, 5) is 13.7. The van der Waals surface area contributed by atoms with E-state index in [0.717, 1.165) is 0 Å². The van der Waals surface area contributed by atoms with Crippen LogP contribution in [-0.2, 0) is 0 Å². The largest absolute Gasteiger partial charge is 0.452 e. The van der Waals surface area contributed by atoms with E-state index in [0.29, 0.717) is 17.8 Å². The van der Waals surface area contributed by atoms with Crippen LogP contribution >= 0.6 is 11.6 Å². The second kappa shape index (κ2) is 5.23. The van der Waals surface area contributed by atoms with Gasteiger partial charge in [0, 0.05) is 12.2 Å². The Morgan fingerprint density at radius 3 is 2.50 bits per heavy atom. The molecular weight excluding hydrogens is 257 g/mol. The minimum atomic E-state index is -0.344. The summed E-state index contributed by atoms with van der Waals surface area (Å²) in [6, 6.07) is 7.22. The first-order valence-electron chi connectivity index (χ1n) is 5.44. The molecular formula is C13H11ClFNO2. The van der Waals surface area contributed by atoms with E-state index in [1.807, 2.05) is 6.92 Å². The smallest absolute Gasteiger partial charge is 0.263 e. The molecule has 0 spiro atoms. The molecule has 94 valence electrons. The van der Waals surface area contributed by atoms with Crippen LogP contribution in [0.3, 0.4) is 0 Å². The van der Waals surface area contributed by atoms with Crippen molar-refractivity contribution in [1.29, 1.82) is 0 Å². The second-order valence-electron chi connectivity index (χ2n) is 3.63. The van der Waals surface area contributed by atoms with E-state index in [4.69, 9.17) is 16.0 Å². The molecule has 0 saturated carbocycles. The van der Waals surface area contributed by atoms with Crippen LogP contribution in [0.4, 0.5) is 10.1 Å². The molecule has 0 atom stereocenters. The second-order valence-corrected chi connectivity index (χ2v) is 3.98. The molecule has 0 saturated heterocycles. The molecule has 2 rings (SSSR count). The fraction of sp³-hybridized carbons (Fsp3) is 0.154. The van der Waals surface area contributed by atoms with Gasteiger partial charge in [0.05, 0.1) is 11.8 Å². The summed E-state index contributed by atoms with van der Waals surface area (Å²) < 4.78 is 17.7. The van der Waals surface area contributed by atoms with Gasteiger partial charge in [0.25, 0.3) is 5.91 Å². The van der Waals surface area contributed by atoms with Crippen LogP contribution in [0.1, 0.15) is 17.3 Å². The molecule has 1 aromatic carbocycles. The number of hydrogen-bond acceptors (Lipinski definition) is 2. The number of nitrogens with zero attached hydrogens (tertiary/aromatic N) is 1. The van der Waals surface area contributed by atoms with Gasteiger partial charge >= 0.3 is 0 Å². The zero-order valence-corrected chi connectivity index (χ0v) is 10.4. The summed E-state index contributed by atoms with van der Waals surface area (Å²) in [5.74, 6) is -0.619. The highest BCUT2D eigenvalue weighted by molar-refractivity contribution is 6.32. The van der Waals surface area contributed by atoms with Gasteiger partial charge in [0.15, 0.2) is 0 Å². The van der Waals surface area contributed by atoms with Crippen LogP contribution in [-0.4, -0.2) is 12.5 Å². The first-order chi connectivity index (χ1) is 8.63. The third-order valence-electron chi connectivity index (χ3n) is 2.55. The maximum Gasteiger partial charge on any atom is 0.263 e. The topological polar surface area (TPSA) is 33.5 Å². The van der Waals surface area contributed by atoms with Crippen molar-refractivity contribution in [2.75, 3.05) is 11.4 Å². The fourth-order valence-electron chi connectivity index (χ4n) is 1.66. The lowest BCUT2D eigenvalue weighted by molar-refractivity contribution is 0.0988. The van der Waals surface area contributed by atoms with Gasteiger partial charge in [0.1, 0.15) is 5.82 Å². The molecule has 0 unspecified atom stereocenters. The predicted molar refractivity (Wildman–Crippen MR) is 67.5 cm³/mol. The predicted octanol–water partition coefficient (Wildman–Crippen LogP) is 3.74. The number of amides is 1. The Bertz CT molecular complexity index is 550. The van der Waals surface area contributed by atoms with Crippen LogP contribution in [0, 0.1) is 5.82 Å². The molecule has 18 heavy (non-hydrogen) atoms. The summed E-state index contributed by atoms with van der Waals surface area (Å²) in [5.41, 5.74) is 0.906. The van der Waals surface area contributed by atoms with Crippen molar-refractivity contribution in [2.24, 2.45) is 0 Å². The number of halogens is 2. The Labute approximate surface area is 109 Å². The van der Waals surface area contributed by atoms with Crippen LogP contribution in [0.5, 0.6) is 0 Å². The quantitative estimate of drug-likeness (QED) is 0.849. The van der Waals surface area contributed by atoms with Crippen molar-refractivity contribution >= 4 is 23.2 Å². The Morgan fingerprint density at radius 1 is 1.33 bits per heavy atom. The standard InChI is InChI=1S/C13H11ClFNO2/c1-2-16(10-5-3-9(15)4-6-10)13(17)11-7-8-18-12(11)14/h3-8H,2H2,1H3. The number of carbonyl (C=O) groups excluding carboxylic acids is 1. The molecule has 5 heteroatoms. The molecule has 1 amide bonds. The molecule has 2 aromatic rings. The molecule has 3 nitrogen and oxygen atoms in total. The Hall–Kier alpha value is -1.81. The highest BCUT2D eigenvalue weighted by Crippen LogP contribution is 2.22. The van der Waals surface area contributed by atoms with Crippen molar-refractivity contribution in [2.45, 2.75) is 6.92 Å². The first kappa shape index (κ1) is 12.6. The number of rotatable bonds is 3. The highest BCUT2D eigenvalue weighted by Gasteiger charge is 2.20. The third-order valence-corrected chi connectivity index (χ3v) is 2.84. The number of anilines is 1. The summed E-state index contributed by atoms with van der Waals surface area (Å²) in [5, 5.41) is 0.0561. The number of hydrogen-bond donors (Lipinski definition) is 0. The fourth-order valence-corrected chi connectivity index (χ4v) is 1.85. The zero-order chi connectivity index (χ0) is 13.1. The molecule has 0 aliphatic heterocycles. The summed E-state index contributed by atoms with van der Waals surface area (Å²) in [6.07, 6.45) is 1.36. The van der Waals surface area contributed by atoms with Crippen molar-refractivity contribution < 1.29 is 13.6 Å². The van der Waals surface area contributed by atoms with Crippen molar-refractivity contribution in [3.8, 4) is 0 Å². The zero-order valence-electron chi connectivity index (χ0n) is 9.69. The van der Waals surface area contributed by atoms with Crippen molar-refractivity contribution in [1.82, 2.24) is 0 Å². The SMILES string of the molecule is CCN(C(=O)c1ccoc1Cl)c1ccc(F)cc1. The Kier molecular flexibility index (Phi) is 3.67. The van der Waals surface area contributed by atoms with Crippen LogP contribution in [0.2, 0.25) is 5.22 Å². The van der Waals surface area contributed by atoms with Crippen LogP contribution in [0.25, 0.3) is 0 Å². The van der Waals surface area contributed by atoms with E-state index in [1.54, 1.807) is 12.1 Å². The van der Waals surface area contributed by atoms with Gasteiger partial charge in [0.2, 0.25) is 5.22 Å². The van der Waals surface area contributed by atoms with E-state index >= 15 is 0 Å². The molecule has 0 aliphatic rings. The molecule has 0 bridgehead atoms. The number of carbonyl (C=O) groups is 1. The lowest BCUT2D eigenvalue weighted by Gasteiger charge is -2.20. The Balaban J connectivity index is 2.32. The van der Waals surface area contributed by atoms with Gasteiger partial charge in [-0.2, -0.15) is 0 Å². The molecule has 0 N–H and O–H groups in total. The van der Waals surface area contributed by atoms with Gasteiger partial charge in [-0.15, -0.1) is 0 Å². The average Bonchev–Trinajstić information content (AvgIpc) is 2.78. The lowest BCUT2D eigenvalue weighted by atomic mass is 10.2. The van der Waals surface area contributed by atoms with Gasteiger partial charge in [-0.25, -0.2) is 4.39 Å². The number of furan rings is 1. The van der Waals surface area contributed by atoms with Crippen LogP contribution in [0.15, 0.2) is 41.0 Å². The van der Waals surface area contributed by atoms with Gasteiger partial charge < -0.3 is 9.32 Å². The lowest BCUT2D eigenvalue weighted by Crippen LogP contribution is -2.30. The van der Waals surface area contributed by atoms with Crippen molar-refractivity contribution in [3.63, 3.8) is 0 Å². The minimum Gasteiger partial charge on any atom is -0.452 e. The molecule has 0 aliphatic carbocycles. The normalized spacial score (nSPS) is 10.4. The Morgan fingerprint density at radius 2 is 2.00 bits per heavy atom. The van der Waals surface area contributed by atoms with E-state index in [9.17, 15) is 9.18 Å². The number of benzene rings is 1. The summed E-state index contributed by atoms with van der Waals surface area (Å²) >= 11 is 5.77. The van der Waals surface area contributed by atoms with E-state index < -0.39 is 0 Å². The summed E-state index contributed by atoms with van der Waals surface area (Å²) in [7, 11) is 0. The van der Waals surface area contributed by atoms with Gasteiger partial charge in [-0.3, -0.25) is 4.79 Å². The summed E-state index contributed by atoms with van der Waals surface area (Å²) in [6.45, 7) is 2.28. The molecule has 1 heterocycles. The monoisotopic (exact) mass is 267 g/mol. The third kappa shape index (κ3) is 2.38. The first-order valence-corrected chi connectivity index (χ1v) is 5.81. The van der Waals surface area contributed by atoms with Crippen LogP contribution < -0.4 is 4.90 Å². The average molecular weight is 268 g/mol. The highest BCUT2D eigenvalue weighted by atomic mass is 35.5. The molecule has 0 fully saturated rings. The minimum absolute atomic E-state index is 0.0561. The van der Waals surface area contributed by atoms with Gasteiger partial charge in [-0.05, 0) is 48.9 Å². The van der Waals surface area contributed by atoms with E-state index in [-0.39, 0.29) is 16.9 Å². The van der Waals surface area contributed by atoms with E-state index in [2.05, 4.69) is 0 Å². The van der Waals surface area contributed by atoms with Crippen molar-refractivity contribution in [3.05, 3.63) is 53.2 Å². The molecule has 0 radical (unpaired) electrons. The maximum absolute atomic E-state index is 12.9.